The maximum Gasteiger partial charge on any atom is 0.472 e. The molecule has 0 fully saturated rings. The van der Waals surface area contributed by atoms with Crippen molar-refractivity contribution in [1.29, 1.82) is 0 Å². The first-order valence-corrected chi connectivity index (χ1v) is 45.6. The van der Waals surface area contributed by atoms with Crippen LogP contribution < -0.4 is 0 Å². The molecule has 5 atom stereocenters. The molecule has 0 aliphatic rings. The Morgan fingerprint density at radius 3 is 0.673 bits per heavy atom. The summed E-state index contributed by atoms with van der Waals surface area (Å²) in [6, 6.07) is 0. The number of phosphoric ester groups is 2. The summed E-state index contributed by atoms with van der Waals surface area (Å²) in [6.45, 7) is 7.36. The molecule has 0 spiro atoms. The number of carbonyl (C=O) groups excluding carboxylic acids is 4. The Bertz CT molecular complexity index is 1930. The number of aliphatic hydroxyl groups excluding tert-OH is 1. The number of phosphoric acid groups is 2. The van der Waals surface area contributed by atoms with Crippen LogP contribution in [-0.2, 0) is 65.4 Å². The van der Waals surface area contributed by atoms with Gasteiger partial charge in [-0.3, -0.25) is 37.3 Å². The smallest absolute Gasteiger partial charge is 0.462 e. The van der Waals surface area contributed by atoms with E-state index in [4.69, 9.17) is 37.0 Å². The van der Waals surface area contributed by atoms with Crippen molar-refractivity contribution >= 4 is 39.5 Å². The van der Waals surface area contributed by atoms with Gasteiger partial charge in [0.25, 0.3) is 0 Å². The van der Waals surface area contributed by atoms with Gasteiger partial charge in [0.1, 0.15) is 19.3 Å². The monoisotopic (exact) mass is 1480 g/mol. The lowest BCUT2D eigenvalue weighted by Gasteiger charge is -2.21. The molecule has 0 saturated carbocycles. The van der Waals surface area contributed by atoms with Gasteiger partial charge in [0.15, 0.2) is 12.2 Å². The molecule has 0 aromatic heterocycles. The van der Waals surface area contributed by atoms with Crippen LogP contribution in [0.15, 0.2) is 0 Å². The van der Waals surface area contributed by atoms with Gasteiger partial charge in [0.05, 0.1) is 26.4 Å². The summed E-state index contributed by atoms with van der Waals surface area (Å²) in [5, 5.41) is 10.6. The molecule has 0 radical (unpaired) electrons. The Balaban J connectivity index is 5.21. The van der Waals surface area contributed by atoms with Crippen LogP contribution in [0.3, 0.4) is 0 Å². The van der Waals surface area contributed by atoms with Crippen molar-refractivity contribution in [2.24, 2.45) is 5.92 Å². The number of hydrogen-bond donors (Lipinski definition) is 3. The molecule has 19 heteroatoms. The van der Waals surface area contributed by atoms with E-state index in [1.54, 1.807) is 0 Å². The zero-order chi connectivity index (χ0) is 74.1. The highest BCUT2D eigenvalue weighted by Gasteiger charge is 2.30. The summed E-state index contributed by atoms with van der Waals surface area (Å²) in [5.74, 6) is -1.29. The first-order valence-electron chi connectivity index (χ1n) is 42.6. The van der Waals surface area contributed by atoms with Crippen molar-refractivity contribution in [2.45, 2.75) is 457 Å². The minimum atomic E-state index is -4.96. The molecule has 0 aliphatic heterocycles. The van der Waals surface area contributed by atoms with Gasteiger partial charge in [-0.1, -0.05) is 388 Å². The van der Waals surface area contributed by atoms with E-state index in [1.807, 2.05) is 0 Å². The van der Waals surface area contributed by atoms with E-state index < -0.39 is 97.5 Å². The topological polar surface area (TPSA) is 237 Å². The number of rotatable bonds is 82. The van der Waals surface area contributed by atoms with E-state index in [9.17, 15) is 43.2 Å². The lowest BCUT2D eigenvalue weighted by atomic mass is 10.0. The Labute approximate surface area is 619 Å². The fourth-order valence-electron chi connectivity index (χ4n) is 12.8. The zero-order valence-corrected chi connectivity index (χ0v) is 67.8. The summed E-state index contributed by atoms with van der Waals surface area (Å²) < 4.78 is 68.7. The van der Waals surface area contributed by atoms with Gasteiger partial charge in [0, 0.05) is 25.7 Å². The van der Waals surface area contributed by atoms with Crippen LogP contribution in [-0.4, -0.2) is 96.7 Å². The molecular weight excluding hydrogens is 1320 g/mol. The quantitative estimate of drug-likeness (QED) is 0.0222. The predicted molar refractivity (Wildman–Crippen MR) is 414 cm³/mol. The molecule has 3 N–H and O–H groups in total. The van der Waals surface area contributed by atoms with E-state index >= 15 is 0 Å². The molecule has 2 unspecified atom stereocenters. The van der Waals surface area contributed by atoms with Gasteiger partial charge >= 0.3 is 39.5 Å². The summed E-state index contributed by atoms with van der Waals surface area (Å²) in [7, 11) is -9.92. The Morgan fingerprint density at radius 2 is 0.455 bits per heavy atom. The molecule has 101 heavy (non-hydrogen) atoms. The van der Waals surface area contributed by atoms with Crippen LogP contribution in [0.25, 0.3) is 0 Å². The van der Waals surface area contributed by atoms with Gasteiger partial charge in [0.2, 0.25) is 0 Å². The van der Waals surface area contributed by atoms with E-state index in [0.717, 1.165) is 95.8 Å². The molecule has 0 aliphatic carbocycles. The predicted octanol–water partition coefficient (Wildman–Crippen LogP) is 24.8. The maximum absolute atomic E-state index is 13.1. The SMILES string of the molecule is CCCCCCCCCCCCCCCCCCCCCCC(=O)O[C@H](COC(=O)CCCCCCCCCCCCCCCCCCC(C)C)COP(=O)(O)OC[C@@H](O)COP(=O)(O)OC[C@@H](COC(=O)CCCCCCCCCCCCC)OC(=O)CCCCCCCCCCCCC. The number of hydrogen-bond acceptors (Lipinski definition) is 15. The second kappa shape index (κ2) is 74.9. The van der Waals surface area contributed by atoms with Gasteiger partial charge in [-0.05, 0) is 31.6 Å². The lowest BCUT2D eigenvalue weighted by molar-refractivity contribution is -0.161. The molecule has 0 aromatic rings. The largest absolute Gasteiger partial charge is 0.472 e. The van der Waals surface area contributed by atoms with Crippen LogP contribution in [0.4, 0.5) is 0 Å². The lowest BCUT2D eigenvalue weighted by Crippen LogP contribution is -2.30. The normalized spacial score (nSPS) is 13.8. The van der Waals surface area contributed by atoms with Crippen molar-refractivity contribution in [3.63, 3.8) is 0 Å². The number of unbranched alkanes of at least 4 members (excludes halogenated alkanes) is 54. The van der Waals surface area contributed by atoms with E-state index in [-0.39, 0.29) is 25.7 Å². The summed E-state index contributed by atoms with van der Waals surface area (Å²) >= 11 is 0. The van der Waals surface area contributed by atoms with Crippen molar-refractivity contribution in [3.8, 4) is 0 Å². The van der Waals surface area contributed by atoms with Crippen LogP contribution in [0.2, 0.25) is 0 Å². The average Bonchev–Trinajstić information content (AvgIpc) is 0.961. The van der Waals surface area contributed by atoms with Crippen molar-refractivity contribution in [1.82, 2.24) is 0 Å². The van der Waals surface area contributed by atoms with Gasteiger partial charge in [-0.2, -0.15) is 0 Å². The van der Waals surface area contributed by atoms with Crippen molar-refractivity contribution < 1.29 is 80.2 Å². The van der Waals surface area contributed by atoms with Gasteiger partial charge in [-0.15, -0.1) is 0 Å². The van der Waals surface area contributed by atoms with Crippen LogP contribution in [0.1, 0.15) is 439 Å². The van der Waals surface area contributed by atoms with Gasteiger partial charge < -0.3 is 33.8 Å². The Hall–Kier alpha value is -1.94. The number of ether oxygens (including phenoxy) is 4. The molecule has 0 rings (SSSR count). The van der Waals surface area contributed by atoms with E-state index in [1.165, 1.54) is 263 Å². The van der Waals surface area contributed by atoms with Crippen LogP contribution in [0.5, 0.6) is 0 Å². The van der Waals surface area contributed by atoms with Crippen molar-refractivity contribution in [2.75, 3.05) is 39.6 Å². The fourth-order valence-corrected chi connectivity index (χ4v) is 14.3. The molecule has 17 nitrogen and oxygen atoms in total. The molecule has 0 bridgehead atoms. The number of esters is 4. The maximum atomic E-state index is 13.1. The summed E-state index contributed by atoms with van der Waals surface area (Å²) in [5.41, 5.74) is 0. The minimum absolute atomic E-state index is 0.108. The fraction of sp³-hybridized carbons (Fsp3) is 0.951. The molecule has 0 aromatic carbocycles. The zero-order valence-electron chi connectivity index (χ0n) is 66.1. The van der Waals surface area contributed by atoms with E-state index in [2.05, 4.69) is 34.6 Å². The number of aliphatic hydroxyl groups is 1. The minimum Gasteiger partial charge on any atom is -0.462 e. The van der Waals surface area contributed by atoms with Crippen LogP contribution >= 0.6 is 15.6 Å². The van der Waals surface area contributed by atoms with Crippen LogP contribution in [0, 0.1) is 5.92 Å². The van der Waals surface area contributed by atoms with E-state index in [0.29, 0.717) is 25.7 Å². The second-order valence-electron chi connectivity index (χ2n) is 30.0. The second-order valence-corrected chi connectivity index (χ2v) is 32.9. The standard InChI is InChI=1S/C82H160O17P2/c1-6-9-12-15-18-21-24-25-26-27-28-29-30-35-38-43-48-53-58-63-68-82(87)99-78(72-93-80(85)66-61-56-51-46-42-37-34-32-31-33-36-41-44-49-54-59-64-75(4)5)74-97-101(90,91)95-70-76(83)69-94-100(88,89)96-73-77(98-81(86)67-62-57-52-47-40-23-20-17-14-11-8-3)71-92-79(84)65-60-55-50-45-39-22-19-16-13-10-7-2/h75-78,83H,6-74H2,1-5H3,(H,88,89)(H,90,91)/t76-,77+,78+/m0/s1. The third-order valence-corrected chi connectivity index (χ3v) is 21.2. The Kier molecular flexibility index (Phi) is 73.5. The molecule has 0 saturated heterocycles. The third kappa shape index (κ3) is 76.1. The molecule has 0 heterocycles. The van der Waals surface area contributed by atoms with Gasteiger partial charge in [-0.25, -0.2) is 9.13 Å². The molecule has 0 amide bonds. The Morgan fingerprint density at radius 1 is 0.267 bits per heavy atom. The molecule has 600 valence electrons. The highest BCUT2D eigenvalue weighted by Crippen LogP contribution is 2.45. The summed E-state index contributed by atoms with van der Waals surface area (Å²) in [4.78, 5) is 73.0. The highest BCUT2D eigenvalue weighted by atomic mass is 31.2. The highest BCUT2D eigenvalue weighted by molar-refractivity contribution is 7.47. The molecular formula is C82H160O17P2. The number of carbonyl (C=O) groups is 4. The first-order chi connectivity index (χ1) is 49.0. The average molecular weight is 1480 g/mol. The summed E-state index contributed by atoms with van der Waals surface area (Å²) in [6.07, 6.45) is 66.6. The third-order valence-electron chi connectivity index (χ3n) is 19.3. The first kappa shape index (κ1) is 99.1. The van der Waals surface area contributed by atoms with Crippen molar-refractivity contribution in [3.05, 3.63) is 0 Å².